The van der Waals surface area contributed by atoms with E-state index < -0.39 is 5.97 Å². The minimum atomic E-state index is -0.590. The molecule has 0 bridgehead atoms. The van der Waals surface area contributed by atoms with E-state index in [0.717, 1.165) is 22.7 Å². The number of carbonyl (C=O) groups is 1. The number of methoxy groups -OCH3 is 1. The minimum absolute atomic E-state index is 0.00733. The molecule has 0 unspecified atom stereocenters. The fourth-order valence-corrected chi connectivity index (χ4v) is 4.11. The molecule has 0 aliphatic heterocycles. The number of aromatic nitrogens is 3. The molecule has 2 aromatic heterocycles. The van der Waals surface area contributed by atoms with Gasteiger partial charge in [0, 0.05) is 17.3 Å². The molecule has 4 aromatic rings. The van der Waals surface area contributed by atoms with Crippen molar-refractivity contribution in [2.45, 2.75) is 26.5 Å². The Hall–Kier alpha value is -3.52. The average molecular weight is 436 g/mol. The molecule has 0 saturated heterocycles. The molecule has 0 spiro atoms. The van der Waals surface area contributed by atoms with E-state index in [9.17, 15) is 9.59 Å². The molecular formula is C23H21N3O4S. The molecule has 0 aliphatic rings. The number of carbonyl (C=O) groups excluding carboxylic acids is 1. The molecule has 0 radical (unpaired) electrons. The van der Waals surface area contributed by atoms with Crippen molar-refractivity contribution >= 4 is 28.1 Å². The van der Waals surface area contributed by atoms with Gasteiger partial charge in [-0.15, -0.1) is 11.3 Å². The second-order valence-electron chi connectivity index (χ2n) is 6.84. The molecular weight excluding hydrogens is 414 g/mol. The first kappa shape index (κ1) is 20.7. The number of aryl methyl sites for hydroxylation is 1. The van der Waals surface area contributed by atoms with Crippen molar-refractivity contribution in [3.05, 3.63) is 75.7 Å². The molecule has 2 heterocycles. The lowest BCUT2D eigenvalue weighted by Gasteiger charge is -2.10. The lowest BCUT2D eigenvalue weighted by molar-refractivity contribution is 0.0461. The molecule has 0 aliphatic carbocycles. The van der Waals surface area contributed by atoms with Crippen molar-refractivity contribution in [2.24, 2.45) is 0 Å². The molecule has 8 heteroatoms. The number of ether oxygens (including phenoxy) is 2. The number of hydrogen-bond donors (Lipinski definition) is 0. The van der Waals surface area contributed by atoms with Gasteiger partial charge in [-0.3, -0.25) is 4.79 Å². The van der Waals surface area contributed by atoms with E-state index in [1.807, 2.05) is 36.6 Å². The van der Waals surface area contributed by atoms with E-state index in [1.54, 1.807) is 31.4 Å². The molecule has 0 atom stereocenters. The van der Waals surface area contributed by atoms with Crippen molar-refractivity contribution in [2.75, 3.05) is 7.11 Å². The molecule has 0 fully saturated rings. The van der Waals surface area contributed by atoms with Crippen LogP contribution in [0.3, 0.4) is 0 Å². The standard InChI is InChI=1S/C23H21N3O4S/c1-3-12-26-22(27)17-9-5-4-8-16(17)20(25-26)23(28)30-13-15-14-31-21(24-15)18-10-6-7-11-19(18)29-2/h4-11,14H,3,12-13H2,1-2H3. The molecule has 0 saturated carbocycles. The number of fused-ring (bicyclic) bond motifs is 1. The second-order valence-corrected chi connectivity index (χ2v) is 7.70. The Kier molecular flexibility index (Phi) is 6.08. The van der Waals surface area contributed by atoms with Gasteiger partial charge in [-0.1, -0.05) is 37.3 Å². The summed E-state index contributed by atoms with van der Waals surface area (Å²) in [7, 11) is 1.62. The molecule has 158 valence electrons. The van der Waals surface area contributed by atoms with Gasteiger partial charge in [-0.05, 0) is 24.6 Å². The Balaban J connectivity index is 1.57. The van der Waals surface area contributed by atoms with E-state index in [2.05, 4.69) is 10.1 Å². The van der Waals surface area contributed by atoms with E-state index >= 15 is 0 Å². The summed E-state index contributed by atoms with van der Waals surface area (Å²) in [6.45, 7) is 2.38. The average Bonchev–Trinajstić information content (AvgIpc) is 3.28. The molecule has 31 heavy (non-hydrogen) atoms. The summed E-state index contributed by atoms with van der Waals surface area (Å²) in [4.78, 5) is 30.0. The topological polar surface area (TPSA) is 83.3 Å². The van der Waals surface area contributed by atoms with Gasteiger partial charge >= 0.3 is 5.97 Å². The lowest BCUT2D eigenvalue weighted by Crippen LogP contribution is -2.26. The van der Waals surface area contributed by atoms with Gasteiger partial charge in [-0.25, -0.2) is 14.5 Å². The summed E-state index contributed by atoms with van der Waals surface area (Å²) in [6, 6.07) is 14.6. The summed E-state index contributed by atoms with van der Waals surface area (Å²) in [6.07, 6.45) is 0.726. The predicted octanol–water partition coefficient (Wildman–Crippen LogP) is 4.30. The van der Waals surface area contributed by atoms with E-state index in [4.69, 9.17) is 9.47 Å². The summed E-state index contributed by atoms with van der Waals surface area (Å²) >= 11 is 1.45. The van der Waals surface area contributed by atoms with Gasteiger partial charge in [0.1, 0.15) is 17.4 Å². The van der Waals surface area contributed by atoms with E-state index in [0.29, 0.717) is 23.0 Å². The van der Waals surface area contributed by atoms with Crippen molar-refractivity contribution in [3.8, 4) is 16.3 Å². The summed E-state index contributed by atoms with van der Waals surface area (Å²) in [5.41, 5.74) is 1.43. The van der Waals surface area contributed by atoms with Crippen LogP contribution >= 0.6 is 11.3 Å². The van der Waals surface area contributed by atoms with Crippen molar-refractivity contribution in [3.63, 3.8) is 0 Å². The first-order valence-electron chi connectivity index (χ1n) is 9.87. The number of para-hydroxylation sites is 1. The Morgan fingerprint density at radius 1 is 1.10 bits per heavy atom. The predicted molar refractivity (Wildman–Crippen MR) is 120 cm³/mol. The highest BCUT2D eigenvalue weighted by molar-refractivity contribution is 7.13. The molecule has 4 rings (SSSR count). The van der Waals surface area contributed by atoms with Gasteiger partial charge in [-0.2, -0.15) is 5.10 Å². The first-order valence-corrected chi connectivity index (χ1v) is 10.7. The van der Waals surface area contributed by atoms with Gasteiger partial charge < -0.3 is 9.47 Å². The summed E-state index contributed by atoms with van der Waals surface area (Å²) < 4.78 is 12.2. The van der Waals surface area contributed by atoms with Crippen LogP contribution in [0.1, 0.15) is 29.5 Å². The fourth-order valence-electron chi connectivity index (χ4n) is 3.28. The maximum Gasteiger partial charge on any atom is 0.359 e. The second kappa shape index (κ2) is 9.09. The maximum atomic E-state index is 12.8. The zero-order valence-corrected chi connectivity index (χ0v) is 18.0. The largest absolute Gasteiger partial charge is 0.496 e. The highest BCUT2D eigenvalue weighted by Crippen LogP contribution is 2.32. The number of hydrogen-bond acceptors (Lipinski definition) is 7. The van der Waals surface area contributed by atoms with Crippen molar-refractivity contribution in [1.29, 1.82) is 0 Å². The number of rotatable bonds is 7. The monoisotopic (exact) mass is 435 g/mol. The van der Waals surface area contributed by atoms with Gasteiger partial charge in [0.25, 0.3) is 5.56 Å². The van der Waals surface area contributed by atoms with E-state index in [1.165, 1.54) is 16.0 Å². The summed E-state index contributed by atoms with van der Waals surface area (Å²) in [5.74, 6) is 0.141. The zero-order chi connectivity index (χ0) is 21.8. The van der Waals surface area contributed by atoms with Crippen LogP contribution in [0.4, 0.5) is 0 Å². The number of thiazole rings is 1. The molecule has 2 aromatic carbocycles. The van der Waals surface area contributed by atoms with Crippen LogP contribution in [0.2, 0.25) is 0 Å². The first-order chi connectivity index (χ1) is 15.1. The van der Waals surface area contributed by atoms with Crippen LogP contribution in [0, 0.1) is 0 Å². The third-order valence-corrected chi connectivity index (χ3v) is 5.66. The fraction of sp³-hybridized carbons (Fsp3) is 0.217. The number of nitrogens with zero attached hydrogens (tertiary/aromatic N) is 3. The van der Waals surface area contributed by atoms with E-state index in [-0.39, 0.29) is 17.9 Å². The SMILES string of the molecule is CCCn1nc(C(=O)OCc2csc(-c3ccccc3OC)n2)c2ccccc2c1=O. The Morgan fingerprint density at radius 3 is 2.61 bits per heavy atom. The Labute approximate surface area is 182 Å². The van der Waals surface area contributed by atoms with Gasteiger partial charge in [0.15, 0.2) is 5.69 Å². The smallest absolute Gasteiger partial charge is 0.359 e. The molecule has 7 nitrogen and oxygen atoms in total. The number of benzene rings is 2. The van der Waals surface area contributed by atoms with Crippen LogP contribution < -0.4 is 10.3 Å². The highest BCUT2D eigenvalue weighted by atomic mass is 32.1. The maximum absolute atomic E-state index is 12.8. The van der Waals surface area contributed by atoms with Crippen molar-refractivity contribution in [1.82, 2.24) is 14.8 Å². The van der Waals surface area contributed by atoms with Crippen LogP contribution in [-0.4, -0.2) is 27.8 Å². The van der Waals surface area contributed by atoms with Crippen molar-refractivity contribution < 1.29 is 14.3 Å². The lowest BCUT2D eigenvalue weighted by atomic mass is 10.1. The molecule has 0 N–H and O–H groups in total. The Bertz CT molecular complexity index is 1300. The summed E-state index contributed by atoms with van der Waals surface area (Å²) in [5, 5.41) is 7.83. The zero-order valence-electron chi connectivity index (χ0n) is 17.2. The van der Waals surface area contributed by atoms with Crippen LogP contribution in [0.25, 0.3) is 21.3 Å². The highest BCUT2D eigenvalue weighted by Gasteiger charge is 2.18. The van der Waals surface area contributed by atoms with Crippen LogP contribution in [0.15, 0.2) is 58.7 Å². The minimum Gasteiger partial charge on any atom is -0.496 e. The van der Waals surface area contributed by atoms with Gasteiger partial charge in [0.05, 0.1) is 23.8 Å². The third kappa shape index (κ3) is 4.20. The quantitative estimate of drug-likeness (QED) is 0.403. The number of esters is 1. The third-order valence-electron chi connectivity index (χ3n) is 4.74. The van der Waals surface area contributed by atoms with Gasteiger partial charge in [0.2, 0.25) is 0 Å². The van der Waals surface area contributed by atoms with Crippen LogP contribution in [-0.2, 0) is 17.9 Å². The Morgan fingerprint density at radius 2 is 1.84 bits per heavy atom. The normalized spacial score (nSPS) is 10.9. The van der Waals surface area contributed by atoms with Crippen LogP contribution in [0.5, 0.6) is 5.75 Å². The molecule has 0 amide bonds.